The first-order chi connectivity index (χ1) is 14.3. The lowest BCUT2D eigenvalue weighted by molar-refractivity contribution is 0.102. The molecule has 1 aliphatic rings. The zero-order chi connectivity index (χ0) is 19.6. The minimum atomic E-state index is -0.261. The zero-order valence-electron chi connectivity index (χ0n) is 15.0. The number of amides is 1. The maximum absolute atomic E-state index is 12.6. The standard InChI is InChI=1S/C19H14N6O3S/c26-18(13-2-1-3-14(8-13)25-11-20-23-24-25)22-19-21-15(10-29-19)12-4-5-16-17(9-12)28-7-6-27-16/h1-5,8-11H,6-7H2,(H,21,22,26). The molecule has 144 valence electrons. The Morgan fingerprint density at radius 3 is 2.86 bits per heavy atom. The van der Waals surface area contributed by atoms with E-state index in [0.29, 0.717) is 35.3 Å². The highest BCUT2D eigenvalue weighted by Crippen LogP contribution is 2.35. The van der Waals surface area contributed by atoms with Gasteiger partial charge in [0, 0.05) is 16.5 Å². The third-order valence-electron chi connectivity index (χ3n) is 4.28. The molecular formula is C19H14N6O3S. The van der Waals surface area contributed by atoms with Crippen LogP contribution >= 0.6 is 11.3 Å². The number of benzene rings is 2. The van der Waals surface area contributed by atoms with E-state index in [-0.39, 0.29) is 5.91 Å². The minimum absolute atomic E-state index is 0.261. The highest BCUT2D eigenvalue weighted by Gasteiger charge is 2.15. The van der Waals surface area contributed by atoms with E-state index in [0.717, 1.165) is 17.0 Å². The molecule has 0 fully saturated rings. The predicted octanol–water partition coefficient (Wildman–Crippen LogP) is 2.81. The summed E-state index contributed by atoms with van der Waals surface area (Å²) in [6.45, 7) is 1.08. The SMILES string of the molecule is O=C(Nc1nc(-c2ccc3c(c2)OCCO3)cs1)c1cccc(-n2cnnn2)c1. The second-order valence-electron chi connectivity index (χ2n) is 6.16. The molecule has 4 aromatic rings. The number of anilines is 1. The molecule has 1 aliphatic heterocycles. The van der Waals surface area contributed by atoms with Gasteiger partial charge in [0.1, 0.15) is 19.5 Å². The number of ether oxygens (including phenoxy) is 2. The van der Waals surface area contributed by atoms with E-state index in [1.165, 1.54) is 22.3 Å². The van der Waals surface area contributed by atoms with Crippen molar-refractivity contribution in [2.24, 2.45) is 0 Å². The number of nitrogens with zero attached hydrogens (tertiary/aromatic N) is 5. The molecule has 2 aromatic heterocycles. The lowest BCUT2D eigenvalue weighted by atomic mass is 10.1. The van der Waals surface area contributed by atoms with Crippen LogP contribution in [-0.2, 0) is 0 Å². The lowest BCUT2D eigenvalue weighted by Crippen LogP contribution is -2.15. The van der Waals surface area contributed by atoms with Crippen molar-refractivity contribution in [1.29, 1.82) is 0 Å². The Hall–Kier alpha value is -3.79. The van der Waals surface area contributed by atoms with Crippen LogP contribution in [0.4, 0.5) is 5.13 Å². The zero-order valence-corrected chi connectivity index (χ0v) is 15.8. The van der Waals surface area contributed by atoms with Gasteiger partial charge < -0.3 is 9.47 Å². The van der Waals surface area contributed by atoms with Crippen molar-refractivity contribution in [3.8, 4) is 28.4 Å². The summed E-state index contributed by atoms with van der Waals surface area (Å²) in [5.41, 5.74) is 2.82. The Balaban J connectivity index is 1.34. The van der Waals surface area contributed by atoms with Gasteiger partial charge in [-0.05, 0) is 46.8 Å². The van der Waals surface area contributed by atoms with Crippen LogP contribution in [0.25, 0.3) is 16.9 Å². The monoisotopic (exact) mass is 406 g/mol. The highest BCUT2D eigenvalue weighted by atomic mass is 32.1. The average Bonchev–Trinajstić information content (AvgIpc) is 3.46. The van der Waals surface area contributed by atoms with Gasteiger partial charge in [-0.15, -0.1) is 16.4 Å². The molecule has 0 bridgehead atoms. The first kappa shape index (κ1) is 17.3. The number of carbonyl (C=O) groups is 1. The molecule has 5 rings (SSSR count). The second kappa shape index (κ2) is 7.32. The Morgan fingerprint density at radius 1 is 1.10 bits per heavy atom. The number of carbonyl (C=O) groups excluding carboxylic acids is 1. The first-order valence-electron chi connectivity index (χ1n) is 8.76. The van der Waals surface area contributed by atoms with Crippen molar-refractivity contribution in [2.75, 3.05) is 18.5 Å². The summed E-state index contributed by atoms with van der Waals surface area (Å²) < 4.78 is 12.7. The predicted molar refractivity (Wildman–Crippen MR) is 106 cm³/mol. The van der Waals surface area contributed by atoms with Crippen LogP contribution in [0.3, 0.4) is 0 Å². The topological polar surface area (TPSA) is 104 Å². The fraction of sp³-hybridized carbons (Fsp3) is 0.105. The van der Waals surface area contributed by atoms with Gasteiger partial charge >= 0.3 is 0 Å². The first-order valence-corrected chi connectivity index (χ1v) is 9.64. The van der Waals surface area contributed by atoms with Gasteiger partial charge in [-0.1, -0.05) is 6.07 Å². The Bertz CT molecular complexity index is 1170. The van der Waals surface area contributed by atoms with E-state index in [9.17, 15) is 4.79 Å². The van der Waals surface area contributed by atoms with Crippen LogP contribution < -0.4 is 14.8 Å². The molecule has 10 heteroatoms. The van der Waals surface area contributed by atoms with E-state index in [4.69, 9.17) is 9.47 Å². The number of tetrazole rings is 1. The number of nitrogens with one attached hydrogen (secondary N) is 1. The van der Waals surface area contributed by atoms with Gasteiger partial charge in [-0.2, -0.15) is 0 Å². The minimum Gasteiger partial charge on any atom is -0.486 e. The molecule has 1 amide bonds. The molecule has 0 saturated heterocycles. The second-order valence-corrected chi connectivity index (χ2v) is 7.01. The Labute approximate surface area is 168 Å². The maximum atomic E-state index is 12.6. The third kappa shape index (κ3) is 3.52. The van der Waals surface area contributed by atoms with Gasteiger partial charge in [0.2, 0.25) is 0 Å². The fourth-order valence-electron chi connectivity index (χ4n) is 2.90. The van der Waals surface area contributed by atoms with Crippen LogP contribution in [0.2, 0.25) is 0 Å². The molecule has 0 aliphatic carbocycles. The van der Waals surface area contributed by atoms with Crippen LogP contribution in [0.5, 0.6) is 11.5 Å². The quantitative estimate of drug-likeness (QED) is 0.556. The normalized spacial score (nSPS) is 12.6. The summed E-state index contributed by atoms with van der Waals surface area (Å²) in [5, 5.41) is 16.3. The van der Waals surface area contributed by atoms with E-state index < -0.39 is 0 Å². The summed E-state index contributed by atoms with van der Waals surface area (Å²) in [6, 6.07) is 12.7. The van der Waals surface area contributed by atoms with Crippen LogP contribution in [0.15, 0.2) is 54.2 Å². The summed E-state index contributed by atoms with van der Waals surface area (Å²) >= 11 is 1.35. The molecule has 0 atom stereocenters. The largest absolute Gasteiger partial charge is 0.486 e. The summed E-state index contributed by atoms with van der Waals surface area (Å²) in [6.07, 6.45) is 1.47. The van der Waals surface area contributed by atoms with Gasteiger partial charge in [-0.3, -0.25) is 10.1 Å². The Kier molecular flexibility index (Phi) is 4.37. The Morgan fingerprint density at radius 2 is 2.00 bits per heavy atom. The molecule has 29 heavy (non-hydrogen) atoms. The van der Waals surface area contributed by atoms with E-state index in [2.05, 4.69) is 25.8 Å². The molecule has 0 saturated carbocycles. The van der Waals surface area contributed by atoms with Gasteiger partial charge in [-0.25, -0.2) is 9.67 Å². The van der Waals surface area contributed by atoms with Gasteiger partial charge in [0.25, 0.3) is 5.91 Å². The molecule has 1 N–H and O–H groups in total. The van der Waals surface area contributed by atoms with Crippen LogP contribution in [-0.4, -0.2) is 44.3 Å². The van der Waals surface area contributed by atoms with Crippen molar-refractivity contribution >= 4 is 22.4 Å². The smallest absolute Gasteiger partial charge is 0.257 e. The highest BCUT2D eigenvalue weighted by molar-refractivity contribution is 7.14. The molecule has 0 radical (unpaired) electrons. The maximum Gasteiger partial charge on any atom is 0.257 e. The fourth-order valence-corrected chi connectivity index (χ4v) is 3.62. The summed E-state index contributed by atoms with van der Waals surface area (Å²) in [7, 11) is 0. The number of hydrogen-bond acceptors (Lipinski definition) is 8. The molecule has 9 nitrogen and oxygen atoms in total. The number of rotatable bonds is 4. The number of thiazole rings is 1. The molecule has 0 unspecified atom stereocenters. The molecule has 0 spiro atoms. The number of fused-ring (bicyclic) bond motifs is 1. The van der Waals surface area contributed by atoms with E-state index >= 15 is 0 Å². The summed E-state index contributed by atoms with van der Waals surface area (Å²) in [4.78, 5) is 17.2. The van der Waals surface area contributed by atoms with E-state index in [1.807, 2.05) is 29.6 Å². The lowest BCUT2D eigenvalue weighted by Gasteiger charge is -2.18. The van der Waals surface area contributed by atoms with Gasteiger partial charge in [0.05, 0.1) is 11.4 Å². The molecular weight excluding hydrogens is 392 g/mol. The van der Waals surface area contributed by atoms with Crippen molar-refractivity contribution in [1.82, 2.24) is 25.2 Å². The summed E-state index contributed by atoms with van der Waals surface area (Å²) in [5.74, 6) is 1.17. The van der Waals surface area contributed by atoms with Crippen molar-refractivity contribution in [3.05, 3.63) is 59.7 Å². The third-order valence-corrected chi connectivity index (χ3v) is 5.04. The number of aromatic nitrogens is 5. The number of hydrogen-bond donors (Lipinski definition) is 1. The molecule has 3 heterocycles. The van der Waals surface area contributed by atoms with Crippen molar-refractivity contribution in [3.63, 3.8) is 0 Å². The van der Waals surface area contributed by atoms with Crippen LogP contribution in [0, 0.1) is 0 Å². The van der Waals surface area contributed by atoms with Crippen molar-refractivity contribution in [2.45, 2.75) is 0 Å². The van der Waals surface area contributed by atoms with E-state index in [1.54, 1.807) is 18.2 Å². The average molecular weight is 406 g/mol. The van der Waals surface area contributed by atoms with Crippen LogP contribution in [0.1, 0.15) is 10.4 Å². The van der Waals surface area contributed by atoms with Gasteiger partial charge in [0.15, 0.2) is 16.6 Å². The van der Waals surface area contributed by atoms with Crippen molar-refractivity contribution < 1.29 is 14.3 Å². The molecule has 2 aromatic carbocycles.